The number of methoxy groups -OCH3 is 1. The van der Waals surface area contributed by atoms with E-state index in [1.165, 1.54) is 7.11 Å². The van der Waals surface area contributed by atoms with Crippen molar-refractivity contribution in [3.8, 4) is 0 Å². The van der Waals surface area contributed by atoms with E-state index in [0.717, 1.165) is 5.56 Å². The Labute approximate surface area is 162 Å². The smallest absolute Gasteiger partial charge is 0.328 e. The van der Waals surface area contributed by atoms with E-state index in [9.17, 15) is 9.59 Å². The average molecular weight is 395 g/mol. The van der Waals surface area contributed by atoms with E-state index in [1.54, 1.807) is 25.1 Å². The van der Waals surface area contributed by atoms with Gasteiger partial charge in [-0.3, -0.25) is 4.79 Å². The first-order valence-electron chi connectivity index (χ1n) is 8.04. The van der Waals surface area contributed by atoms with E-state index in [2.05, 4.69) is 10.6 Å². The predicted molar refractivity (Wildman–Crippen MR) is 104 cm³/mol. The van der Waals surface area contributed by atoms with Gasteiger partial charge in [0, 0.05) is 12.1 Å². The fourth-order valence-electron chi connectivity index (χ4n) is 2.38. The van der Waals surface area contributed by atoms with Crippen molar-refractivity contribution in [2.45, 2.75) is 25.4 Å². The molecule has 0 aliphatic heterocycles. The van der Waals surface area contributed by atoms with Crippen molar-refractivity contribution in [1.82, 2.24) is 5.32 Å². The zero-order chi connectivity index (χ0) is 19.1. The van der Waals surface area contributed by atoms with Crippen LogP contribution in [0.4, 0.5) is 5.69 Å². The quantitative estimate of drug-likeness (QED) is 0.702. The number of carbonyl (C=O) groups is 2. The fourth-order valence-corrected chi connectivity index (χ4v) is 2.68. The highest BCUT2D eigenvalue weighted by atomic mass is 35.5. The minimum atomic E-state index is -0.770. The Balaban J connectivity index is 2.02. The lowest BCUT2D eigenvalue weighted by atomic mass is 10.1. The van der Waals surface area contributed by atoms with Crippen molar-refractivity contribution in [1.29, 1.82) is 0 Å². The van der Waals surface area contributed by atoms with E-state index in [-0.39, 0.29) is 5.91 Å². The van der Waals surface area contributed by atoms with Gasteiger partial charge in [0.1, 0.15) is 12.1 Å². The molecule has 2 atom stereocenters. The SMILES string of the molecule is COC(=O)[C@H](Cc1ccccc1)NC(=O)[C@H](C)Nc1ccc(Cl)c(Cl)c1. The van der Waals surface area contributed by atoms with Crippen molar-refractivity contribution >= 4 is 40.8 Å². The molecule has 0 spiro atoms. The number of amides is 1. The molecule has 0 radical (unpaired) electrons. The van der Waals surface area contributed by atoms with Crippen LogP contribution in [0, 0.1) is 0 Å². The number of rotatable bonds is 7. The van der Waals surface area contributed by atoms with Gasteiger partial charge < -0.3 is 15.4 Å². The first kappa shape index (κ1) is 20.1. The highest BCUT2D eigenvalue weighted by molar-refractivity contribution is 6.42. The van der Waals surface area contributed by atoms with Gasteiger partial charge in [0.15, 0.2) is 0 Å². The lowest BCUT2D eigenvalue weighted by Gasteiger charge is -2.21. The van der Waals surface area contributed by atoms with Gasteiger partial charge in [-0.05, 0) is 30.7 Å². The summed E-state index contributed by atoms with van der Waals surface area (Å²) in [7, 11) is 1.30. The van der Waals surface area contributed by atoms with E-state index in [1.807, 2.05) is 30.3 Å². The van der Waals surface area contributed by atoms with Crippen LogP contribution in [0.15, 0.2) is 48.5 Å². The van der Waals surface area contributed by atoms with Crippen LogP contribution in [0.3, 0.4) is 0 Å². The van der Waals surface area contributed by atoms with Gasteiger partial charge in [-0.25, -0.2) is 4.79 Å². The number of nitrogens with one attached hydrogen (secondary N) is 2. The summed E-state index contributed by atoms with van der Waals surface area (Å²) in [5.74, 6) is -0.827. The van der Waals surface area contributed by atoms with E-state index in [0.29, 0.717) is 22.2 Å². The Morgan fingerprint density at radius 2 is 1.77 bits per heavy atom. The molecule has 2 aromatic carbocycles. The maximum absolute atomic E-state index is 12.5. The number of ether oxygens (including phenoxy) is 1. The number of halogens is 2. The van der Waals surface area contributed by atoms with E-state index < -0.39 is 18.1 Å². The highest BCUT2D eigenvalue weighted by Crippen LogP contribution is 2.25. The molecule has 2 N–H and O–H groups in total. The normalized spacial score (nSPS) is 12.8. The van der Waals surface area contributed by atoms with Crippen LogP contribution in [-0.2, 0) is 20.7 Å². The second-order valence-corrected chi connectivity index (χ2v) is 6.58. The zero-order valence-electron chi connectivity index (χ0n) is 14.5. The second-order valence-electron chi connectivity index (χ2n) is 5.77. The summed E-state index contributed by atoms with van der Waals surface area (Å²) in [6.07, 6.45) is 0.346. The summed E-state index contributed by atoms with van der Waals surface area (Å²) in [5.41, 5.74) is 1.58. The Morgan fingerprint density at radius 3 is 2.38 bits per heavy atom. The topological polar surface area (TPSA) is 67.4 Å². The van der Waals surface area contributed by atoms with Gasteiger partial charge in [0.2, 0.25) is 5.91 Å². The summed E-state index contributed by atoms with van der Waals surface area (Å²) in [4.78, 5) is 24.5. The van der Waals surface area contributed by atoms with Crippen molar-refractivity contribution in [2.75, 3.05) is 12.4 Å². The van der Waals surface area contributed by atoms with Gasteiger partial charge in [-0.1, -0.05) is 53.5 Å². The number of benzene rings is 2. The van der Waals surface area contributed by atoms with Crippen LogP contribution in [0.25, 0.3) is 0 Å². The number of hydrogen-bond donors (Lipinski definition) is 2. The van der Waals surface area contributed by atoms with Crippen LogP contribution in [0.2, 0.25) is 10.0 Å². The molecule has 5 nitrogen and oxygen atoms in total. The predicted octanol–water partition coefficient (Wildman–Crippen LogP) is 3.69. The molecule has 26 heavy (non-hydrogen) atoms. The molecular formula is C19H20Cl2N2O3. The molecule has 0 saturated carbocycles. The lowest BCUT2D eigenvalue weighted by molar-refractivity contribution is -0.145. The molecule has 0 bridgehead atoms. The van der Waals surface area contributed by atoms with Gasteiger partial charge in [0.25, 0.3) is 0 Å². The average Bonchev–Trinajstić information content (AvgIpc) is 2.64. The molecule has 0 unspecified atom stereocenters. The Morgan fingerprint density at radius 1 is 1.08 bits per heavy atom. The summed E-state index contributed by atoms with van der Waals surface area (Å²) in [6.45, 7) is 1.69. The van der Waals surface area contributed by atoms with Gasteiger partial charge in [0.05, 0.1) is 17.2 Å². The molecule has 1 amide bonds. The first-order valence-corrected chi connectivity index (χ1v) is 8.80. The standard InChI is InChI=1S/C19H20Cl2N2O3/c1-12(22-14-8-9-15(20)16(21)11-14)18(24)23-17(19(25)26-2)10-13-6-4-3-5-7-13/h3-9,11-12,17,22H,10H2,1-2H3,(H,23,24)/t12-,17-/m0/s1. The van der Waals surface area contributed by atoms with E-state index >= 15 is 0 Å². The molecule has 0 saturated heterocycles. The Bertz CT molecular complexity index is 769. The van der Waals surface area contributed by atoms with Crippen LogP contribution >= 0.6 is 23.2 Å². The molecule has 0 heterocycles. The third kappa shape index (κ3) is 5.64. The monoisotopic (exact) mass is 394 g/mol. The number of esters is 1. The molecule has 7 heteroatoms. The molecule has 0 aromatic heterocycles. The summed E-state index contributed by atoms with van der Waals surface area (Å²) < 4.78 is 4.81. The number of carbonyl (C=O) groups excluding carboxylic acids is 2. The van der Waals surface area contributed by atoms with Gasteiger partial charge in [-0.15, -0.1) is 0 Å². The maximum atomic E-state index is 12.5. The molecule has 2 rings (SSSR count). The number of hydrogen-bond acceptors (Lipinski definition) is 4. The molecule has 2 aromatic rings. The highest BCUT2D eigenvalue weighted by Gasteiger charge is 2.24. The number of anilines is 1. The maximum Gasteiger partial charge on any atom is 0.328 e. The second kappa shape index (κ2) is 9.46. The summed E-state index contributed by atoms with van der Waals surface area (Å²) in [5, 5.41) is 6.58. The van der Waals surface area contributed by atoms with E-state index in [4.69, 9.17) is 27.9 Å². The third-order valence-electron chi connectivity index (χ3n) is 3.78. The summed E-state index contributed by atoms with van der Waals surface area (Å²) in [6, 6.07) is 13.1. The third-order valence-corrected chi connectivity index (χ3v) is 4.52. The minimum absolute atomic E-state index is 0.331. The largest absolute Gasteiger partial charge is 0.467 e. The van der Waals surface area contributed by atoms with Gasteiger partial charge in [-0.2, -0.15) is 0 Å². The van der Waals surface area contributed by atoms with Crippen molar-refractivity contribution in [2.24, 2.45) is 0 Å². The van der Waals surface area contributed by atoms with Crippen LogP contribution in [-0.4, -0.2) is 31.1 Å². The molecule has 0 aliphatic carbocycles. The van der Waals surface area contributed by atoms with Crippen molar-refractivity contribution in [3.05, 3.63) is 64.1 Å². The van der Waals surface area contributed by atoms with Crippen molar-refractivity contribution in [3.63, 3.8) is 0 Å². The van der Waals surface area contributed by atoms with Crippen LogP contribution in [0.5, 0.6) is 0 Å². The molecule has 0 aliphatic rings. The van der Waals surface area contributed by atoms with Crippen LogP contribution in [0.1, 0.15) is 12.5 Å². The van der Waals surface area contributed by atoms with Crippen LogP contribution < -0.4 is 10.6 Å². The Hall–Kier alpha value is -2.24. The van der Waals surface area contributed by atoms with Gasteiger partial charge >= 0.3 is 5.97 Å². The molecule has 0 fully saturated rings. The first-order chi connectivity index (χ1) is 12.4. The zero-order valence-corrected chi connectivity index (χ0v) is 16.0. The molecule has 138 valence electrons. The van der Waals surface area contributed by atoms with Crippen molar-refractivity contribution < 1.29 is 14.3 Å². The lowest BCUT2D eigenvalue weighted by Crippen LogP contribution is -2.48. The summed E-state index contributed by atoms with van der Waals surface area (Å²) >= 11 is 11.9. The Kier molecular flexibility index (Phi) is 7.30. The minimum Gasteiger partial charge on any atom is -0.467 e. The molecular weight excluding hydrogens is 375 g/mol. The fraction of sp³-hybridized carbons (Fsp3) is 0.263.